The van der Waals surface area contributed by atoms with Gasteiger partial charge in [0.15, 0.2) is 0 Å². The molecule has 1 aliphatic carbocycles. The third-order valence-electron chi connectivity index (χ3n) is 6.15. The van der Waals surface area contributed by atoms with Gasteiger partial charge in [-0.2, -0.15) is 13.2 Å². The molecule has 0 aliphatic heterocycles. The first kappa shape index (κ1) is 24.2. The zero-order chi connectivity index (χ0) is 24.7. The first-order valence-electron chi connectivity index (χ1n) is 10.6. The number of oxazole rings is 1. The highest BCUT2D eigenvalue weighted by Crippen LogP contribution is 2.48. The van der Waals surface area contributed by atoms with Crippen LogP contribution in [0.2, 0.25) is 5.02 Å². The van der Waals surface area contributed by atoms with Crippen LogP contribution in [0.25, 0.3) is 11.5 Å². The first-order chi connectivity index (χ1) is 16.0. The number of hydrogen-bond acceptors (Lipinski definition) is 4. The van der Waals surface area contributed by atoms with Crippen molar-refractivity contribution in [3.8, 4) is 11.5 Å². The van der Waals surface area contributed by atoms with E-state index >= 15 is 0 Å². The molecule has 5 nitrogen and oxygen atoms in total. The summed E-state index contributed by atoms with van der Waals surface area (Å²) in [4.78, 5) is 17.1. The predicted molar refractivity (Wildman–Crippen MR) is 118 cm³/mol. The zero-order valence-electron chi connectivity index (χ0n) is 18.1. The fraction of sp³-hybridized carbons (Fsp3) is 0.333. The highest BCUT2D eigenvalue weighted by Gasteiger charge is 2.45. The van der Waals surface area contributed by atoms with E-state index in [2.05, 4.69) is 4.98 Å². The Morgan fingerprint density at radius 1 is 1.26 bits per heavy atom. The Bertz CT molecular complexity index is 1170. The molecule has 1 fully saturated rings. The van der Waals surface area contributed by atoms with E-state index in [4.69, 9.17) is 16.0 Å². The highest BCUT2D eigenvalue weighted by molar-refractivity contribution is 6.31. The third kappa shape index (κ3) is 4.42. The van der Waals surface area contributed by atoms with Gasteiger partial charge in [-0.15, -0.1) is 0 Å². The lowest BCUT2D eigenvalue weighted by Gasteiger charge is -2.36. The molecule has 2 aromatic carbocycles. The van der Waals surface area contributed by atoms with Crippen molar-refractivity contribution in [2.45, 2.75) is 38.0 Å². The number of nitrogens with zero attached hydrogens (tertiary/aromatic N) is 2. The van der Waals surface area contributed by atoms with Gasteiger partial charge in [0.1, 0.15) is 17.7 Å². The minimum Gasteiger partial charge on any atom is -0.445 e. The lowest BCUT2D eigenvalue weighted by molar-refractivity contribution is -0.140. The molecule has 4 rings (SSSR count). The summed E-state index contributed by atoms with van der Waals surface area (Å²) in [5, 5.41) is 11.3. The van der Waals surface area contributed by atoms with Crippen LogP contribution in [0, 0.1) is 11.7 Å². The molecule has 180 valence electrons. The monoisotopic (exact) mass is 496 g/mol. The molecule has 0 unspecified atom stereocenters. The number of halogens is 5. The quantitative estimate of drug-likeness (QED) is 0.314. The van der Waals surface area contributed by atoms with E-state index in [9.17, 15) is 27.5 Å². The zero-order valence-corrected chi connectivity index (χ0v) is 18.8. The van der Waals surface area contributed by atoms with Crippen LogP contribution in [0.3, 0.4) is 0 Å². The Kier molecular flexibility index (Phi) is 6.44. The maximum absolute atomic E-state index is 14.8. The van der Waals surface area contributed by atoms with Gasteiger partial charge in [-0.3, -0.25) is 4.79 Å². The Morgan fingerprint density at radius 2 is 2.00 bits per heavy atom. The number of alkyl halides is 3. The Labute approximate surface area is 198 Å². The van der Waals surface area contributed by atoms with Crippen molar-refractivity contribution < 1.29 is 31.9 Å². The van der Waals surface area contributed by atoms with E-state index < -0.39 is 34.3 Å². The third-order valence-corrected chi connectivity index (χ3v) is 6.47. The minimum atomic E-state index is -4.97. The van der Waals surface area contributed by atoms with Gasteiger partial charge in [0.05, 0.1) is 17.4 Å². The van der Waals surface area contributed by atoms with E-state index in [0.717, 1.165) is 43.2 Å². The van der Waals surface area contributed by atoms with Crippen LogP contribution in [0.5, 0.6) is 0 Å². The molecule has 34 heavy (non-hydrogen) atoms. The standard InChI is InChI=1S/C24H21ClF4N2O3/c1-23(33,21-17(25)6-3-7-18(21)26)20-16(24(27,28)29)10-15(22-30-8-9-34-22)11-19(20)31(13-32)12-14-4-2-5-14/h3,6-11,13-14,33H,2,4-5,12H2,1H3/t23-/m0/s1. The second kappa shape index (κ2) is 9.03. The molecule has 1 atom stereocenters. The summed E-state index contributed by atoms with van der Waals surface area (Å²) in [7, 11) is 0. The summed E-state index contributed by atoms with van der Waals surface area (Å²) in [5.74, 6) is -0.985. The summed E-state index contributed by atoms with van der Waals surface area (Å²) in [6.45, 7) is 1.17. The van der Waals surface area contributed by atoms with Gasteiger partial charge in [0, 0.05) is 28.3 Å². The maximum atomic E-state index is 14.8. The van der Waals surface area contributed by atoms with E-state index in [0.29, 0.717) is 6.41 Å². The van der Waals surface area contributed by atoms with Crippen LogP contribution >= 0.6 is 11.6 Å². The smallest absolute Gasteiger partial charge is 0.416 e. The van der Waals surface area contributed by atoms with Crippen LogP contribution < -0.4 is 4.90 Å². The fourth-order valence-corrected chi connectivity index (χ4v) is 4.66. The average molecular weight is 497 g/mol. The number of benzene rings is 2. The largest absolute Gasteiger partial charge is 0.445 e. The van der Waals surface area contributed by atoms with Gasteiger partial charge >= 0.3 is 6.18 Å². The van der Waals surface area contributed by atoms with Gasteiger partial charge < -0.3 is 14.4 Å². The van der Waals surface area contributed by atoms with Gasteiger partial charge in [-0.05, 0) is 49.9 Å². The molecule has 1 aliphatic rings. The number of amides is 1. The molecule has 0 bridgehead atoms. The highest BCUT2D eigenvalue weighted by atomic mass is 35.5. The van der Waals surface area contributed by atoms with Crippen LogP contribution in [0.4, 0.5) is 23.2 Å². The number of hydrogen-bond donors (Lipinski definition) is 1. The number of carbonyl (C=O) groups is 1. The normalized spacial score (nSPS) is 16.1. The van der Waals surface area contributed by atoms with Crippen molar-refractivity contribution in [1.82, 2.24) is 4.98 Å². The summed E-state index contributed by atoms with van der Waals surface area (Å²) in [6, 6.07) is 5.60. The van der Waals surface area contributed by atoms with E-state index in [1.165, 1.54) is 30.7 Å². The van der Waals surface area contributed by atoms with Crippen LogP contribution in [0.15, 0.2) is 47.2 Å². The van der Waals surface area contributed by atoms with E-state index in [1.54, 1.807) is 0 Å². The van der Waals surface area contributed by atoms with Crippen LogP contribution in [-0.4, -0.2) is 23.0 Å². The molecule has 0 spiro atoms. The molecule has 1 heterocycles. The Hall–Kier alpha value is -2.91. The summed E-state index contributed by atoms with van der Waals surface area (Å²) in [5.41, 5.74) is -5.29. The molecule has 1 saturated carbocycles. The van der Waals surface area contributed by atoms with E-state index in [-0.39, 0.29) is 34.6 Å². The van der Waals surface area contributed by atoms with E-state index in [1.807, 2.05) is 0 Å². The summed E-state index contributed by atoms with van der Waals surface area (Å²) >= 11 is 6.14. The number of rotatable bonds is 7. The number of anilines is 1. The molecule has 0 saturated heterocycles. The average Bonchev–Trinajstić information content (AvgIpc) is 3.26. The molecule has 10 heteroatoms. The van der Waals surface area contributed by atoms with Crippen molar-refractivity contribution in [3.05, 3.63) is 70.3 Å². The second-order valence-corrected chi connectivity index (χ2v) is 8.88. The van der Waals surface area contributed by atoms with Gasteiger partial charge in [-0.1, -0.05) is 24.1 Å². The fourth-order valence-electron chi connectivity index (χ4n) is 4.32. The van der Waals surface area contributed by atoms with Crippen molar-refractivity contribution >= 4 is 23.7 Å². The SMILES string of the molecule is C[C@@](O)(c1c(F)cccc1Cl)c1c(N(C=O)CC2CCC2)cc(-c2ncco2)cc1C(F)(F)F. The summed E-state index contributed by atoms with van der Waals surface area (Å²) < 4.78 is 63.2. The van der Waals surface area contributed by atoms with Crippen LogP contribution in [0.1, 0.15) is 42.9 Å². The van der Waals surface area contributed by atoms with Gasteiger partial charge in [0.25, 0.3) is 0 Å². The Morgan fingerprint density at radius 3 is 2.53 bits per heavy atom. The van der Waals surface area contributed by atoms with Crippen LogP contribution in [-0.2, 0) is 16.6 Å². The lowest BCUT2D eigenvalue weighted by atomic mass is 9.81. The lowest BCUT2D eigenvalue weighted by Crippen LogP contribution is -2.36. The number of carbonyl (C=O) groups excluding carboxylic acids is 1. The minimum absolute atomic E-state index is 0.0491. The summed E-state index contributed by atoms with van der Waals surface area (Å²) in [6.07, 6.45) is 0.516. The number of aromatic nitrogens is 1. The molecule has 1 N–H and O–H groups in total. The van der Waals surface area contributed by atoms with Gasteiger partial charge in [-0.25, -0.2) is 9.37 Å². The van der Waals surface area contributed by atoms with Crippen molar-refractivity contribution in [1.29, 1.82) is 0 Å². The predicted octanol–water partition coefficient (Wildman–Crippen LogP) is 6.17. The second-order valence-electron chi connectivity index (χ2n) is 8.48. The Balaban J connectivity index is 2.04. The van der Waals surface area contributed by atoms with Crippen molar-refractivity contribution in [3.63, 3.8) is 0 Å². The molecular formula is C24H21ClF4N2O3. The maximum Gasteiger partial charge on any atom is 0.416 e. The number of aliphatic hydroxyl groups is 1. The topological polar surface area (TPSA) is 66.6 Å². The molecule has 1 amide bonds. The molecular weight excluding hydrogens is 476 g/mol. The molecule has 1 aromatic heterocycles. The van der Waals surface area contributed by atoms with Crippen molar-refractivity contribution in [2.24, 2.45) is 5.92 Å². The van der Waals surface area contributed by atoms with Gasteiger partial charge in [0.2, 0.25) is 12.3 Å². The van der Waals surface area contributed by atoms with Crippen molar-refractivity contribution in [2.75, 3.05) is 11.4 Å². The molecule has 3 aromatic rings. The molecule has 0 radical (unpaired) electrons. The first-order valence-corrected chi connectivity index (χ1v) is 11.0.